The number of hydrogen-bond acceptors (Lipinski definition) is 6. The van der Waals surface area contributed by atoms with E-state index in [0.29, 0.717) is 13.1 Å². The third kappa shape index (κ3) is 4.37. The van der Waals surface area contributed by atoms with Crippen molar-refractivity contribution in [2.45, 2.75) is 12.5 Å². The van der Waals surface area contributed by atoms with Crippen LogP contribution in [0, 0.1) is 5.82 Å². The van der Waals surface area contributed by atoms with Crippen molar-refractivity contribution >= 4 is 27.8 Å². The summed E-state index contributed by atoms with van der Waals surface area (Å²) < 4.78 is 40.0. The van der Waals surface area contributed by atoms with Gasteiger partial charge in [0.2, 0.25) is 10.0 Å². The lowest BCUT2D eigenvalue weighted by atomic mass is 10.1. The van der Waals surface area contributed by atoms with Crippen LogP contribution in [0.15, 0.2) is 42.6 Å². The van der Waals surface area contributed by atoms with Gasteiger partial charge in [-0.05, 0) is 36.8 Å². The average Bonchev–Trinajstić information content (AvgIpc) is 2.99. The highest BCUT2D eigenvalue weighted by molar-refractivity contribution is 7.89. The molecule has 2 N–H and O–H groups in total. The van der Waals surface area contributed by atoms with Crippen molar-refractivity contribution in [3.05, 3.63) is 48.4 Å². The second-order valence-electron chi connectivity index (χ2n) is 7.79. The minimum Gasteiger partial charge on any atom is -0.354 e. The van der Waals surface area contributed by atoms with Gasteiger partial charge in [0, 0.05) is 37.9 Å². The van der Waals surface area contributed by atoms with Gasteiger partial charge >= 0.3 is 6.03 Å². The monoisotopic (exact) mass is 447 g/mol. The second-order valence-corrected chi connectivity index (χ2v) is 9.76. The van der Waals surface area contributed by atoms with Crippen molar-refractivity contribution in [3.8, 4) is 11.1 Å². The molecule has 0 bridgehead atoms. The number of hydrogen-bond donors (Lipinski definition) is 2. The molecule has 2 saturated heterocycles. The number of nitrogens with zero attached hydrogens (tertiary/aromatic N) is 3. The molecule has 2 aliphatic heterocycles. The van der Waals surface area contributed by atoms with Gasteiger partial charge in [-0.15, -0.1) is 0 Å². The first-order valence-electron chi connectivity index (χ1n) is 9.75. The van der Waals surface area contributed by atoms with Crippen molar-refractivity contribution in [1.82, 2.24) is 19.9 Å². The summed E-state index contributed by atoms with van der Waals surface area (Å²) in [4.78, 5) is 29.8. The highest BCUT2D eigenvalue weighted by atomic mass is 32.2. The topological polar surface area (TPSA) is 112 Å². The van der Waals surface area contributed by atoms with E-state index < -0.39 is 33.3 Å². The van der Waals surface area contributed by atoms with E-state index in [9.17, 15) is 22.4 Å². The minimum absolute atomic E-state index is 0.245. The van der Waals surface area contributed by atoms with Crippen LogP contribution in [0.2, 0.25) is 0 Å². The van der Waals surface area contributed by atoms with Crippen molar-refractivity contribution in [1.29, 1.82) is 0 Å². The maximum Gasteiger partial charge on any atom is 0.322 e. The highest BCUT2D eigenvalue weighted by Crippen LogP contribution is 2.23. The van der Waals surface area contributed by atoms with Gasteiger partial charge in [0.05, 0.1) is 5.75 Å². The van der Waals surface area contributed by atoms with Crippen LogP contribution in [0.4, 0.5) is 15.0 Å². The number of urea groups is 1. The van der Waals surface area contributed by atoms with Crippen LogP contribution in [-0.2, 0) is 14.8 Å². The molecule has 2 aliphatic rings. The lowest BCUT2D eigenvalue weighted by Crippen LogP contribution is -2.55. The molecule has 11 heteroatoms. The van der Waals surface area contributed by atoms with E-state index in [0.717, 1.165) is 16.9 Å². The summed E-state index contributed by atoms with van der Waals surface area (Å²) in [6, 6.07) is 9.20. The van der Waals surface area contributed by atoms with Crippen LogP contribution in [-0.4, -0.2) is 67.1 Å². The van der Waals surface area contributed by atoms with Crippen LogP contribution >= 0.6 is 0 Å². The predicted octanol–water partition coefficient (Wildman–Crippen LogP) is 0.938. The zero-order chi connectivity index (χ0) is 22.2. The third-order valence-corrected chi connectivity index (χ3v) is 7.56. The number of pyridine rings is 1. The number of carbonyl (C=O) groups is 2. The summed E-state index contributed by atoms with van der Waals surface area (Å²) in [7, 11) is -3.75. The predicted molar refractivity (Wildman–Crippen MR) is 112 cm³/mol. The summed E-state index contributed by atoms with van der Waals surface area (Å²) in [6.07, 6.45) is 1.70. The Labute approximate surface area is 179 Å². The Morgan fingerprint density at radius 1 is 1.03 bits per heavy atom. The summed E-state index contributed by atoms with van der Waals surface area (Å²) in [5, 5.41) is 4.46. The molecule has 9 nitrogen and oxygen atoms in total. The molecule has 0 aliphatic carbocycles. The third-order valence-electron chi connectivity index (χ3n) is 5.47. The van der Waals surface area contributed by atoms with E-state index in [1.807, 2.05) is 17.0 Å². The van der Waals surface area contributed by atoms with Crippen LogP contribution in [0.1, 0.15) is 6.92 Å². The zero-order valence-electron chi connectivity index (χ0n) is 16.8. The molecule has 1 atom stereocenters. The molecule has 3 heterocycles. The number of piperazine rings is 1. The lowest BCUT2D eigenvalue weighted by molar-refractivity contribution is -0.122. The Kier molecular flexibility index (Phi) is 5.40. The van der Waals surface area contributed by atoms with Crippen LogP contribution in [0.25, 0.3) is 11.1 Å². The van der Waals surface area contributed by atoms with E-state index >= 15 is 0 Å². The fourth-order valence-electron chi connectivity index (χ4n) is 3.72. The molecule has 0 spiro atoms. The number of amides is 3. The maximum atomic E-state index is 13.1. The van der Waals surface area contributed by atoms with Gasteiger partial charge in [0.25, 0.3) is 5.91 Å². The van der Waals surface area contributed by atoms with Crippen LogP contribution in [0.5, 0.6) is 0 Å². The van der Waals surface area contributed by atoms with Gasteiger partial charge < -0.3 is 10.2 Å². The molecule has 1 unspecified atom stereocenters. The van der Waals surface area contributed by atoms with Crippen LogP contribution < -0.4 is 15.5 Å². The number of aromatic nitrogens is 1. The quantitative estimate of drug-likeness (QED) is 0.660. The number of halogens is 1. The first-order chi connectivity index (χ1) is 14.7. The first-order valence-corrected chi connectivity index (χ1v) is 11.4. The van der Waals surface area contributed by atoms with E-state index in [4.69, 9.17) is 0 Å². The number of carbonyl (C=O) groups excluding carboxylic acids is 2. The van der Waals surface area contributed by atoms with Crippen molar-refractivity contribution in [2.24, 2.45) is 0 Å². The van der Waals surface area contributed by atoms with Crippen molar-refractivity contribution < 1.29 is 22.4 Å². The van der Waals surface area contributed by atoms with Gasteiger partial charge in [-0.1, -0.05) is 12.1 Å². The Balaban J connectivity index is 1.38. The zero-order valence-corrected chi connectivity index (χ0v) is 17.7. The SMILES string of the molecule is CC1(CS(=O)(=O)N2CCN(c3ccc(-c4ccc(F)cc4)cn3)CC2)NC(=O)NC1=O. The number of anilines is 1. The van der Waals surface area contributed by atoms with E-state index in [1.54, 1.807) is 18.3 Å². The summed E-state index contributed by atoms with van der Waals surface area (Å²) in [5.74, 6) is -0.726. The second kappa shape index (κ2) is 7.89. The highest BCUT2D eigenvalue weighted by Gasteiger charge is 2.46. The van der Waals surface area contributed by atoms with Gasteiger partial charge in [-0.2, -0.15) is 4.31 Å². The van der Waals surface area contributed by atoms with Gasteiger partial charge in [0.1, 0.15) is 17.2 Å². The molecule has 1 aromatic carbocycles. The Hall–Kier alpha value is -3.05. The Morgan fingerprint density at radius 3 is 2.23 bits per heavy atom. The molecule has 2 fully saturated rings. The van der Waals surface area contributed by atoms with E-state index in [1.165, 1.54) is 23.4 Å². The molecule has 1 aromatic heterocycles. The molecule has 2 aromatic rings. The summed E-state index contributed by atoms with van der Waals surface area (Å²) in [6.45, 7) is 2.77. The Bertz CT molecular complexity index is 1100. The fraction of sp³-hybridized carbons (Fsp3) is 0.350. The standard InChI is InChI=1S/C20H22FN5O4S/c1-20(18(27)23-19(28)24-20)13-31(29,30)26-10-8-25(9-11-26)17-7-4-15(12-22-17)14-2-5-16(21)6-3-14/h2-7,12H,8-11,13H2,1H3,(H2,23,24,27,28). The largest absolute Gasteiger partial charge is 0.354 e. The van der Waals surface area contributed by atoms with Crippen LogP contribution in [0.3, 0.4) is 0 Å². The number of rotatable bonds is 5. The van der Waals surface area contributed by atoms with Gasteiger partial charge in [-0.25, -0.2) is 22.6 Å². The first kappa shape index (κ1) is 21.2. The maximum absolute atomic E-state index is 13.1. The normalized spacial score (nSPS) is 22.3. The number of benzene rings is 1. The molecular formula is C20H22FN5O4S. The molecular weight excluding hydrogens is 425 g/mol. The van der Waals surface area contributed by atoms with Gasteiger partial charge in [0.15, 0.2) is 0 Å². The fourth-order valence-corrected chi connectivity index (χ4v) is 5.55. The number of imide groups is 1. The molecule has 0 radical (unpaired) electrons. The summed E-state index contributed by atoms with van der Waals surface area (Å²) in [5.41, 5.74) is 0.230. The minimum atomic E-state index is -3.75. The smallest absolute Gasteiger partial charge is 0.322 e. The van der Waals surface area contributed by atoms with E-state index in [2.05, 4.69) is 15.6 Å². The Morgan fingerprint density at radius 2 is 1.68 bits per heavy atom. The molecule has 31 heavy (non-hydrogen) atoms. The van der Waals surface area contributed by atoms with Crippen molar-refractivity contribution in [2.75, 3.05) is 36.8 Å². The molecule has 3 amide bonds. The average molecular weight is 447 g/mol. The molecule has 0 saturated carbocycles. The number of nitrogens with one attached hydrogen (secondary N) is 2. The summed E-state index contributed by atoms with van der Waals surface area (Å²) >= 11 is 0. The van der Waals surface area contributed by atoms with Gasteiger partial charge in [-0.3, -0.25) is 10.1 Å². The van der Waals surface area contributed by atoms with Crippen molar-refractivity contribution in [3.63, 3.8) is 0 Å². The van der Waals surface area contributed by atoms with E-state index in [-0.39, 0.29) is 18.9 Å². The molecule has 164 valence electrons. The molecule has 4 rings (SSSR count). The lowest BCUT2D eigenvalue weighted by Gasteiger charge is -2.35. The number of sulfonamides is 1.